The average Bonchev–Trinajstić information content (AvgIpc) is 3.27. The monoisotopic (exact) mass is 952 g/mol. The lowest BCUT2D eigenvalue weighted by molar-refractivity contribution is 0.589. The predicted octanol–water partition coefficient (Wildman–Crippen LogP) is 17.6. The van der Waals surface area contributed by atoms with Crippen molar-refractivity contribution in [2.45, 2.75) is 171 Å². The molecule has 0 fully saturated rings. The second-order valence-corrected chi connectivity index (χ2v) is 27.5. The van der Waals surface area contributed by atoms with Crippen LogP contribution < -0.4 is 31.1 Å². The highest BCUT2D eigenvalue weighted by atomic mass is 15.2. The van der Waals surface area contributed by atoms with Crippen LogP contribution in [0.2, 0.25) is 0 Å². The van der Waals surface area contributed by atoms with Crippen molar-refractivity contribution in [3.63, 3.8) is 0 Å². The fourth-order valence-electron chi connectivity index (χ4n) is 11.1. The van der Waals surface area contributed by atoms with Gasteiger partial charge in [-0.2, -0.15) is 0 Å². The molecule has 4 heteroatoms. The molecule has 7 aromatic carbocycles. The maximum Gasteiger partial charge on any atom is 0.252 e. The summed E-state index contributed by atoms with van der Waals surface area (Å²) in [7, 11) is 0. The Bertz CT molecular complexity index is 3100. The van der Waals surface area contributed by atoms with E-state index < -0.39 is 0 Å². The molecule has 0 spiro atoms. The molecule has 3 nitrogen and oxygen atoms in total. The Labute approximate surface area is 435 Å². The van der Waals surface area contributed by atoms with Crippen molar-refractivity contribution in [2.75, 3.05) is 14.7 Å². The van der Waals surface area contributed by atoms with Gasteiger partial charge in [-0.25, -0.2) is 0 Å². The highest BCUT2D eigenvalue weighted by Crippen LogP contribution is 2.50. The van der Waals surface area contributed by atoms with Crippen LogP contribution in [-0.2, 0) is 32.5 Å². The third-order valence-corrected chi connectivity index (χ3v) is 15.6. The van der Waals surface area contributed by atoms with E-state index in [4.69, 9.17) is 0 Å². The summed E-state index contributed by atoms with van der Waals surface area (Å²) in [5.74, 6) is 0. The number of hydrogen-bond acceptors (Lipinski definition) is 3. The number of rotatable bonds is 5. The van der Waals surface area contributed by atoms with Gasteiger partial charge in [0, 0.05) is 45.5 Å². The number of aryl methyl sites for hydroxylation is 2. The molecule has 0 bridgehead atoms. The average molecular weight is 952 g/mol. The normalized spacial score (nSPS) is 14.0. The number of nitrogens with zero attached hydrogens (tertiary/aromatic N) is 3. The lowest BCUT2D eigenvalue weighted by atomic mass is 9.33. The van der Waals surface area contributed by atoms with Crippen LogP contribution in [-0.4, -0.2) is 6.71 Å². The van der Waals surface area contributed by atoms with Gasteiger partial charge in [0.2, 0.25) is 0 Å². The molecule has 0 saturated heterocycles. The van der Waals surface area contributed by atoms with Gasteiger partial charge in [-0.15, -0.1) is 0 Å². The van der Waals surface area contributed by atoms with Gasteiger partial charge in [0.05, 0.1) is 5.69 Å². The van der Waals surface area contributed by atoms with Gasteiger partial charge in [0.25, 0.3) is 6.71 Å². The fraction of sp³-hybridized carbons (Fsp3) is 0.382. The molecule has 2 aliphatic rings. The zero-order valence-corrected chi connectivity index (χ0v) is 47.6. The first-order chi connectivity index (χ1) is 33.3. The lowest BCUT2D eigenvalue weighted by Gasteiger charge is -2.46. The number of hydrogen-bond donors (Lipinski definition) is 0. The Balaban J connectivity index is 1.40. The summed E-state index contributed by atoms with van der Waals surface area (Å²) in [6.07, 6.45) is 0. The molecule has 372 valence electrons. The summed E-state index contributed by atoms with van der Waals surface area (Å²) in [5.41, 5.74) is 25.3. The van der Waals surface area contributed by atoms with Gasteiger partial charge < -0.3 is 14.7 Å². The summed E-state index contributed by atoms with van der Waals surface area (Å²) in [5, 5.41) is 0. The molecule has 0 aliphatic carbocycles. The molecule has 72 heavy (non-hydrogen) atoms. The number of anilines is 9. The van der Waals surface area contributed by atoms with Gasteiger partial charge in [0.15, 0.2) is 0 Å². The highest BCUT2D eigenvalue weighted by molar-refractivity contribution is 7.00. The minimum Gasteiger partial charge on any atom is -0.311 e. The fourth-order valence-corrected chi connectivity index (χ4v) is 11.1. The first-order valence-corrected chi connectivity index (χ1v) is 26.6. The maximum atomic E-state index is 2.67. The Morgan fingerprint density at radius 1 is 0.319 bits per heavy atom. The second kappa shape index (κ2) is 17.3. The SMILES string of the molecule is Cc1cc(C(C)(C)C)cc(C)c1N1c2cc(N(c3ccc(C(C)(C)C)cc3)c3ccc(C(C)(C)C)cc3)ccc2B2c3cc(C(C)(C)C)ccc3N(c3ccc(C(C)(C)C)cc3)c3cc(C(C)(C)C)cc1c32. The molecule has 0 unspecified atom stereocenters. The van der Waals surface area contributed by atoms with Crippen molar-refractivity contribution < 1.29 is 0 Å². The third kappa shape index (κ3) is 9.22. The van der Waals surface area contributed by atoms with Crippen LogP contribution in [0.25, 0.3) is 0 Å². The van der Waals surface area contributed by atoms with Crippen LogP contribution in [0, 0.1) is 13.8 Å². The summed E-state index contributed by atoms with van der Waals surface area (Å²) >= 11 is 0. The Hall–Kier alpha value is -6.00. The van der Waals surface area contributed by atoms with Crippen molar-refractivity contribution in [2.24, 2.45) is 0 Å². The van der Waals surface area contributed by atoms with Crippen LogP contribution in [0.4, 0.5) is 51.2 Å². The highest BCUT2D eigenvalue weighted by Gasteiger charge is 2.45. The molecule has 0 amide bonds. The molecule has 0 saturated carbocycles. The van der Waals surface area contributed by atoms with Crippen LogP contribution in [0.15, 0.2) is 133 Å². The molecular formula is C68H82BN3. The third-order valence-electron chi connectivity index (χ3n) is 15.6. The topological polar surface area (TPSA) is 9.72 Å². The van der Waals surface area contributed by atoms with Crippen LogP contribution in [0.3, 0.4) is 0 Å². The standard InChI is InChI=1S/C68H82BN3/c1-43-37-49(67(15,16)17)38-44(2)62(43)72-58-42-54(70(51-28-21-45(22-29-51)63(3,4)5)52-30-23-46(24-31-52)64(6,7)8)34-35-55(58)69-56-39-48(66(12,13)14)27-36-57(56)71(53-32-25-47(26-33-53)65(9,10)11)59-40-50(68(18,19)20)41-60(72)61(59)69/h21-42H,1-20H3. The molecule has 0 radical (unpaired) electrons. The number of fused-ring (bicyclic) bond motifs is 4. The second-order valence-electron chi connectivity index (χ2n) is 27.5. The number of benzene rings is 7. The summed E-state index contributed by atoms with van der Waals surface area (Å²) in [6.45, 7) is 46.5. The van der Waals surface area contributed by atoms with Gasteiger partial charge >= 0.3 is 0 Å². The molecule has 2 aliphatic heterocycles. The Kier molecular flexibility index (Phi) is 12.2. The summed E-state index contributed by atoms with van der Waals surface area (Å²) in [4.78, 5) is 7.73. The van der Waals surface area contributed by atoms with Crippen molar-refractivity contribution in [1.29, 1.82) is 0 Å². The maximum absolute atomic E-state index is 2.67. The largest absolute Gasteiger partial charge is 0.311 e. The van der Waals surface area contributed by atoms with E-state index in [-0.39, 0.29) is 39.2 Å². The van der Waals surface area contributed by atoms with Gasteiger partial charge in [-0.3, -0.25) is 0 Å². The zero-order valence-electron chi connectivity index (χ0n) is 47.6. The smallest absolute Gasteiger partial charge is 0.252 e. The van der Waals surface area contributed by atoms with Crippen LogP contribution in [0.1, 0.15) is 169 Å². The molecule has 0 N–H and O–H groups in total. The van der Waals surface area contributed by atoms with Gasteiger partial charge in [0.1, 0.15) is 0 Å². The minimum atomic E-state index is -0.137. The first-order valence-electron chi connectivity index (χ1n) is 26.6. The van der Waals surface area contributed by atoms with Crippen molar-refractivity contribution in [3.05, 3.63) is 178 Å². The first kappa shape index (κ1) is 50.9. The van der Waals surface area contributed by atoms with E-state index >= 15 is 0 Å². The Morgan fingerprint density at radius 3 is 1.15 bits per heavy atom. The molecule has 7 aromatic rings. The van der Waals surface area contributed by atoms with Crippen LogP contribution in [0.5, 0.6) is 0 Å². The van der Waals surface area contributed by atoms with E-state index in [9.17, 15) is 0 Å². The zero-order chi connectivity index (χ0) is 52.4. The van der Waals surface area contributed by atoms with E-state index in [1.54, 1.807) is 0 Å². The van der Waals surface area contributed by atoms with Crippen LogP contribution >= 0.6 is 0 Å². The van der Waals surface area contributed by atoms with E-state index in [1.165, 1.54) is 95.0 Å². The van der Waals surface area contributed by atoms with Crippen molar-refractivity contribution >= 4 is 74.3 Å². The summed E-state index contributed by atoms with van der Waals surface area (Å²) in [6, 6.07) is 52.7. The Morgan fingerprint density at radius 2 is 0.708 bits per heavy atom. The predicted molar refractivity (Wildman–Crippen MR) is 317 cm³/mol. The van der Waals surface area contributed by atoms with E-state index in [0.717, 1.165) is 17.1 Å². The molecular weight excluding hydrogens is 870 g/mol. The molecule has 0 aromatic heterocycles. The van der Waals surface area contributed by atoms with Crippen molar-refractivity contribution in [3.8, 4) is 0 Å². The lowest BCUT2D eigenvalue weighted by Crippen LogP contribution is -2.61. The minimum absolute atomic E-state index is 0.000523. The van der Waals surface area contributed by atoms with E-state index in [1.807, 2.05) is 0 Å². The van der Waals surface area contributed by atoms with E-state index in [0.29, 0.717) is 0 Å². The van der Waals surface area contributed by atoms with E-state index in [2.05, 4.69) is 287 Å². The molecule has 0 atom stereocenters. The van der Waals surface area contributed by atoms with Gasteiger partial charge in [-0.1, -0.05) is 191 Å². The quantitative estimate of drug-likeness (QED) is 0.159. The van der Waals surface area contributed by atoms with Gasteiger partial charge in [-0.05, 0) is 174 Å². The molecule has 9 rings (SSSR count). The molecule has 2 heterocycles. The summed E-state index contributed by atoms with van der Waals surface area (Å²) < 4.78 is 0. The van der Waals surface area contributed by atoms with Crippen molar-refractivity contribution in [1.82, 2.24) is 0 Å².